The van der Waals surface area contributed by atoms with E-state index in [4.69, 9.17) is 0 Å². The summed E-state index contributed by atoms with van der Waals surface area (Å²) in [6.07, 6.45) is 0. The van der Waals surface area contributed by atoms with Gasteiger partial charge < -0.3 is 0 Å². The van der Waals surface area contributed by atoms with Crippen molar-refractivity contribution in [3.05, 3.63) is 0 Å². The van der Waals surface area contributed by atoms with Crippen LogP contribution in [0.3, 0.4) is 0 Å². The molecule has 0 aliphatic heterocycles. The van der Waals surface area contributed by atoms with Crippen molar-refractivity contribution in [2.75, 3.05) is 42.3 Å². The highest BCUT2D eigenvalue weighted by Gasteiger charge is 2.37. The third-order valence-electron chi connectivity index (χ3n) is 1.96. The van der Waals surface area contributed by atoms with E-state index in [1.165, 1.54) is 0 Å². The summed E-state index contributed by atoms with van der Waals surface area (Å²) < 4.78 is 0. The second kappa shape index (κ2) is 7.42. The van der Waals surface area contributed by atoms with Crippen molar-refractivity contribution in [3.8, 4) is 0 Å². The zero-order valence-corrected chi connectivity index (χ0v) is 13.6. The van der Waals surface area contributed by atoms with Crippen molar-refractivity contribution in [3.63, 3.8) is 0 Å². The summed E-state index contributed by atoms with van der Waals surface area (Å²) in [5, 5.41) is 16.7. The molecular weight excluding hydrogens is 232 g/mol. The smallest absolute Gasteiger partial charge is 0.255 e. The van der Waals surface area contributed by atoms with Gasteiger partial charge in [0.05, 0.1) is 0 Å². The average Bonchev–Trinajstić information content (AvgIpc) is 1.95. The molecule has 0 saturated carbocycles. The highest BCUT2D eigenvalue weighted by Crippen LogP contribution is 2.10. The topological polar surface area (TPSA) is 45.8 Å². The van der Waals surface area contributed by atoms with E-state index in [2.05, 4.69) is 29.1 Å². The molecule has 0 amide bonds. The summed E-state index contributed by atoms with van der Waals surface area (Å²) in [7, 11) is 10.1. The minimum atomic E-state index is -2.02. The largest absolute Gasteiger partial charge is 0.323 e. The Balaban J connectivity index is 4.89. The highest BCUT2D eigenvalue weighted by molar-refractivity contribution is 6.72. The number of hydrazine groups is 3. The second-order valence-electron chi connectivity index (χ2n) is 5.52. The quantitative estimate of drug-likeness (QED) is 0.415. The van der Waals surface area contributed by atoms with Gasteiger partial charge in [0.25, 0.3) is 0 Å². The van der Waals surface area contributed by atoms with Crippen molar-refractivity contribution >= 4 is 8.56 Å². The summed E-state index contributed by atoms with van der Waals surface area (Å²) in [5.41, 5.74) is 0. The van der Waals surface area contributed by atoms with Gasteiger partial charge in [-0.25, -0.2) is 15.3 Å². The fourth-order valence-electron chi connectivity index (χ4n) is 1.97. The van der Waals surface area contributed by atoms with Crippen LogP contribution in [0.15, 0.2) is 0 Å². The maximum atomic E-state index is 3.55. The van der Waals surface area contributed by atoms with Gasteiger partial charge >= 0.3 is 8.56 Å². The van der Waals surface area contributed by atoms with Crippen LogP contribution >= 0.6 is 0 Å². The van der Waals surface area contributed by atoms with E-state index >= 15 is 0 Å². The first-order chi connectivity index (χ1) is 7.67. The van der Waals surface area contributed by atoms with Gasteiger partial charge in [0.2, 0.25) is 0 Å². The van der Waals surface area contributed by atoms with Crippen molar-refractivity contribution in [2.45, 2.75) is 19.9 Å². The van der Waals surface area contributed by atoms with Crippen LogP contribution in [0.2, 0.25) is 6.04 Å². The number of hydrogen-bond acceptors (Lipinski definition) is 6. The Labute approximate surface area is 107 Å². The highest BCUT2D eigenvalue weighted by atomic mass is 28.4. The first-order valence-electron chi connectivity index (χ1n) is 6.02. The zero-order valence-electron chi connectivity index (χ0n) is 12.6. The van der Waals surface area contributed by atoms with Crippen LogP contribution in [0.25, 0.3) is 0 Å². The first-order valence-corrected chi connectivity index (χ1v) is 8.23. The van der Waals surface area contributed by atoms with Crippen LogP contribution in [-0.4, -0.2) is 65.9 Å². The lowest BCUT2D eigenvalue weighted by Crippen LogP contribution is -2.79. The van der Waals surface area contributed by atoms with Gasteiger partial charge in [0.15, 0.2) is 0 Å². The molecule has 17 heavy (non-hydrogen) atoms. The lowest BCUT2D eigenvalue weighted by atomic mass is 10.3. The molecular formula is C10H30N6Si. The van der Waals surface area contributed by atoms with Crippen molar-refractivity contribution in [1.29, 1.82) is 0 Å². The van der Waals surface area contributed by atoms with Crippen LogP contribution in [0.5, 0.6) is 0 Å². The molecule has 0 unspecified atom stereocenters. The average molecular weight is 262 g/mol. The predicted octanol–water partition coefficient (Wildman–Crippen LogP) is -0.220. The SMILES string of the molecule is CC(C)C[Si](NN(C)C)(NN(C)C)NN(C)C. The summed E-state index contributed by atoms with van der Waals surface area (Å²) in [5.74, 6) is 0.619. The Kier molecular flexibility index (Phi) is 7.41. The van der Waals surface area contributed by atoms with Gasteiger partial charge in [-0.05, 0) is 12.0 Å². The Hall–Kier alpha value is -0.0231. The van der Waals surface area contributed by atoms with Gasteiger partial charge in [-0.15, -0.1) is 0 Å². The van der Waals surface area contributed by atoms with E-state index in [0.717, 1.165) is 6.04 Å². The molecule has 0 atom stereocenters. The molecule has 104 valence electrons. The normalized spacial score (nSPS) is 13.4. The molecule has 0 heterocycles. The van der Waals surface area contributed by atoms with E-state index in [0.29, 0.717) is 5.92 Å². The van der Waals surface area contributed by atoms with Crippen LogP contribution in [-0.2, 0) is 0 Å². The molecule has 0 radical (unpaired) electrons. The number of nitrogens with zero attached hydrogens (tertiary/aromatic N) is 3. The molecule has 0 aromatic rings. The Morgan fingerprint density at radius 1 is 0.765 bits per heavy atom. The van der Waals surface area contributed by atoms with Crippen LogP contribution in [0.1, 0.15) is 13.8 Å². The Morgan fingerprint density at radius 2 is 1.06 bits per heavy atom. The summed E-state index contributed by atoms with van der Waals surface area (Å²) in [6, 6.07) is 1.08. The van der Waals surface area contributed by atoms with Crippen molar-refractivity contribution < 1.29 is 0 Å². The van der Waals surface area contributed by atoms with Crippen LogP contribution < -0.4 is 15.3 Å². The molecule has 6 nitrogen and oxygen atoms in total. The minimum Gasteiger partial charge on any atom is -0.255 e. The van der Waals surface area contributed by atoms with E-state index in [1.54, 1.807) is 0 Å². The third-order valence-corrected chi connectivity index (χ3v) is 5.87. The summed E-state index contributed by atoms with van der Waals surface area (Å²) in [4.78, 5) is 0. The summed E-state index contributed by atoms with van der Waals surface area (Å²) >= 11 is 0. The standard InChI is InChI=1S/C10H30N6Si/c1-10(2)9-17(11-14(3)4,12-15(5)6)13-16(7)8/h10-13H,9H2,1-8H3. The van der Waals surface area contributed by atoms with Gasteiger partial charge in [-0.3, -0.25) is 15.0 Å². The number of hydrogen-bond donors (Lipinski definition) is 3. The number of nitrogens with one attached hydrogen (secondary N) is 3. The monoisotopic (exact) mass is 262 g/mol. The van der Waals surface area contributed by atoms with E-state index in [1.807, 2.05) is 57.3 Å². The lowest BCUT2D eigenvalue weighted by molar-refractivity contribution is 0.265. The predicted molar refractivity (Wildman–Crippen MR) is 75.9 cm³/mol. The van der Waals surface area contributed by atoms with E-state index < -0.39 is 8.56 Å². The summed E-state index contributed by atoms with van der Waals surface area (Å²) in [6.45, 7) is 4.49. The molecule has 0 bridgehead atoms. The van der Waals surface area contributed by atoms with Gasteiger partial charge in [-0.2, -0.15) is 0 Å². The van der Waals surface area contributed by atoms with E-state index in [9.17, 15) is 0 Å². The van der Waals surface area contributed by atoms with E-state index in [-0.39, 0.29) is 0 Å². The Morgan fingerprint density at radius 3 is 1.24 bits per heavy atom. The molecule has 0 rings (SSSR count). The molecule has 0 aromatic heterocycles. The molecule has 0 spiro atoms. The van der Waals surface area contributed by atoms with Crippen molar-refractivity contribution in [2.24, 2.45) is 5.92 Å². The van der Waals surface area contributed by atoms with Crippen LogP contribution in [0, 0.1) is 5.92 Å². The molecule has 0 saturated heterocycles. The Bertz CT molecular complexity index is 161. The van der Waals surface area contributed by atoms with Gasteiger partial charge in [-0.1, -0.05) is 13.8 Å². The first kappa shape index (κ1) is 17.0. The van der Waals surface area contributed by atoms with Gasteiger partial charge in [0, 0.05) is 42.3 Å². The maximum absolute atomic E-state index is 3.55. The lowest BCUT2D eigenvalue weighted by Gasteiger charge is -2.40. The second-order valence-corrected chi connectivity index (χ2v) is 8.41. The van der Waals surface area contributed by atoms with Gasteiger partial charge in [0.1, 0.15) is 0 Å². The maximum Gasteiger partial charge on any atom is 0.323 e. The fraction of sp³-hybridized carbons (Fsp3) is 1.00. The molecule has 0 aliphatic carbocycles. The molecule has 0 fully saturated rings. The molecule has 0 aliphatic rings. The fourth-order valence-corrected chi connectivity index (χ4v) is 5.91. The minimum absolute atomic E-state index is 0.619. The van der Waals surface area contributed by atoms with Crippen molar-refractivity contribution in [1.82, 2.24) is 30.3 Å². The third kappa shape index (κ3) is 7.82. The molecule has 0 aromatic carbocycles. The molecule has 7 heteroatoms. The number of rotatable bonds is 8. The zero-order chi connectivity index (χ0) is 13.6. The molecule has 3 N–H and O–H groups in total. The van der Waals surface area contributed by atoms with Crippen LogP contribution in [0.4, 0.5) is 0 Å².